The number of hydrogen-bond acceptors (Lipinski definition) is 4. The number of allylic oxidation sites excluding steroid dienone is 2. The summed E-state index contributed by atoms with van der Waals surface area (Å²) in [7, 11) is 0. The van der Waals surface area contributed by atoms with Crippen LogP contribution in [0.3, 0.4) is 0 Å². The molecule has 0 unspecified atom stereocenters. The maximum atomic E-state index is 13.3. The molecule has 88 valence electrons. The van der Waals surface area contributed by atoms with Crippen LogP contribution in [0.1, 0.15) is 0 Å². The average molecular weight is 248 g/mol. The Bertz CT molecular complexity index is 628. The van der Waals surface area contributed by atoms with Crippen molar-refractivity contribution in [3.05, 3.63) is 40.9 Å². The van der Waals surface area contributed by atoms with Crippen LogP contribution in [0.4, 0.5) is 18.9 Å². The lowest BCUT2D eigenvalue weighted by molar-refractivity contribution is 0.499. The van der Waals surface area contributed by atoms with Crippen molar-refractivity contribution in [1.82, 2.24) is 0 Å². The van der Waals surface area contributed by atoms with Crippen LogP contribution in [0.15, 0.2) is 23.4 Å². The van der Waals surface area contributed by atoms with Crippen LogP contribution in [0.2, 0.25) is 0 Å². The number of halogens is 3. The molecule has 0 fully saturated rings. The fraction of sp³-hybridized carbons (Fsp3) is 0. The molecule has 4 nitrogen and oxygen atoms in total. The van der Waals surface area contributed by atoms with E-state index in [0.717, 1.165) is 0 Å². The minimum atomic E-state index is -1.54. The van der Waals surface area contributed by atoms with E-state index in [-0.39, 0.29) is 0 Å². The molecule has 1 N–H and O–H groups in total. The van der Waals surface area contributed by atoms with Crippen molar-refractivity contribution in [3.8, 4) is 18.2 Å². The standard InChI is InChI=1S/C11H3F3N4/c12-7-1-2-8(13)11(10(7)14)18-9(5-17)6(3-15)4-16/h1-2,18H. The molecule has 0 atom stereocenters. The minimum Gasteiger partial charge on any atom is -0.340 e. The van der Waals surface area contributed by atoms with Crippen molar-refractivity contribution >= 4 is 5.69 Å². The Morgan fingerprint density at radius 1 is 0.944 bits per heavy atom. The summed E-state index contributed by atoms with van der Waals surface area (Å²) >= 11 is 0. The van der Waals surface area contributed by atoms with Gasteiger partial charge in [0.2, 0.25) is 0 Å². The van der Waals surface area contributed by atoms with Crippen molar-refractivity contribution in [2.24, 2.45) is 0 Å². The van der Waals surface area contributed by atoms with Crippen molar-refractivity contribution in [1.29, 1.82) is 15.8 Å². The molecule has 0 saturated carbocycles. The first-order valence-corrected chi connectivity index (χ1v) is 4.40. The summed E-state index contributed by atoms with van der Waals surface area (Å²) < 4.78 is 39.4. The number of nitrogens with one attached hydrogen (secondary N) is 1. The molecular weight excluding hydrogens is 245 g/mol. The molecule has 0 aliphatic heterocycles. The molecular formula is C11H3F3N4. The van der Waals surface area contributed by atoms with Crippen molar-refractivity contribution < 1.29 is 13.2 Å². The Balaban J connectivity index is 3.34. The number of hydrogen-bond donors (Lipinski definition) is 1. The molecule has 0 amide bonds. The van der Waals surface area contributed by atoms with Crippen LogP contribution >= 0.6 is 0 Å². The second kappa shape index (κ2) is 5.38. The van der Waals surface area contributed by atoms with E-state index in [9.17, 15) is 13.2 Å². The van der Waals surface area contributed by atoms with E-state index < -0.39 is 34.4 Å². The number of rotatable bonds is 2. The number of nitrogens with zero attached hydrogens (tertiary/aromatic N) is 3. The highest BCUT2D eigenvalue weighted by Crippen LogP contribution is 2.23. The largest absolute Gasteiger partial charge is 0.340 e. The molecule has 0 aliphatic rings. The fourth-order valence-electron chi connectivity index (χ4n) is 1.05. The van der Waals surface area contributed by atoms with Crippen LogP contribution in [-0.4, -0.2) is 0 Å². The second-order valence-electron chi connectivity index (χ2n) is 2.93. The molecule has 1 rings (SSSR count). The van der Waals surface area contributed by atoms with Gasteiger partial charge in [0, 0.05) is 0 Å². The van der Waals surface area contributed by atoms with E-state index in [1.165, 1.54) is 18.2 Å². The number of benzene rings is 1. The monoisotopic (exact) mass is 248 g/mol. The molecule has 1 aromatic carbocycles. The van der Waals surface area contributed by atoms with Gasteiger partial charge in [-0.05, 0) is 12.1 Å². The first kappa shape index (κ1) is 13.1. The fourth-order valence-corrected chi connectivity index (χ4v) is 1.05. The van der Waals surface area contributed by atoms with Gasteiger partial charge in [0.25, 0.3) is 0 Å². The molecule has 0 aliphatic carbocycles. The van der Waals surface area contributed by atoms with E-state index in [1.54, 1.807) is 0 Å². The lowest BCUT2D eigenvalue weighted by atomic mass is 10.2. The summed E-state index contributed by atoms with van der Waals surface area (Å²) in [6.45, 7) is 0. The van der Waals surface area contributed by atoms with Gasteiger partial charge in [-0.3, -0.25) is 0 Å². The average Bonchev–Trinajstić information content (AvgIpc) is 2.38. The topological polar surface area (TPSA) is 83.4 Å². The third kappa shape index (κ3) is 2.40. The first-order valence-electron chi connectivity index (χ1n) is 4.40. The predicted octanol–water partition coefficient (Wildman–Crippen LogP) is 2.34. The number of nitriles is 3. The Hall–Kier alpha value is -2.98. The van der Waals surface area contributed by atoms with Gasteiger partial charge in [0.1, 0.15) is 35.4 Å². The molecule has 0 saturated heterocycles. The molecule has 0 spiro atoms. The van der Waals surface area contributed by atoms with Crippen molar-refractivity contribution in [3.63, 3.8) is 0 Å². The quantitative estimate of drug-likeness (QED) is 0.643. The molecule has 18 heavy (non-hydrogen) atoms. The Kier molecular flexibility index (Phi) is 3.91. The summed E-state index contributed by atoms with van der Waals surface area (Å²) in [4.78, 5) is 0. The highest BCUT2D eigenvalue weighted by molar-refractivity contribution is 5.59. The maximum absolute atomic E-state index is 13.3. The van der Waals surface area contributed by atoms with Gasteiger partial charge in [0.05, 0.1) is 0 Å². The van der Waals surface area contributed by atoms with E-state index in [0.29, 0.717) is 12.1 Å². The third-order valence-electron chi connectivity index (χ3n) is 1.88. The van der Waals surface area contributed by atoms with Crippen molar-refractivity contribution in [2.75, 3.05) is 5.32 Å². The lowest BCUT2D eigenvalue weighted by Gasteiger charge is -2.07. The lowest BCUT2D eigenvalue weighted by Crippen LogP contribution is -2.06. The van der Waals surface area contributed by atoms with Gasteiger partial charge >= 0.3 is 0 Å². The van der Waals surface area contributed by atoms with E-state index in [2.05, 4.69) is 0 Å². The molecule has 0 bridgehead atoms. The van der Waals surface area contributed by atoms with E-state index in [4.69, 9.17) is 15.8 Å². The summed E-state index contributed by atoms with van der Waals surface area (Å²) in [6, 6.07) is 5.35. The normalized spacial score (nSPS) is 8.67. The Labute approximate surface area is 99.8 Å². The molecule has 0 aromatic heterocycles. The van der Waals surface area contributed by atoms with Crippen LogP contribution in [0.25, 0.3) is 0 Å². The zero-order valence-electron chi connectivity index (χ0n) is 8.63. The van der Waals surface area contributed by atoms with Crippen LogP contribution in [0, 0.1) is 51.4 Å². The minimum absolute atomic E-state index is 0.571. The zero-order chi connectivity index (χ0) is 13.7. The van der Waals surface area contributed by atoms with Crippen LogP contribution in [-0.2, 0) is 0 Å². The number of anilines is 1. The van der Waals surface area contributed by atoms with E-state index >= 15 is 0 Å². The molecule has 1 aromatic rings. The smallest absolute Gasteiger partial charge is 0.185 e. The highest BCUT2D eigenvalue weighted by Gasteiger charge is 2.16. The van der Waals surface area contributed by atoms with Crippen molar-refractivity contribution in [2.45, 2.75) is 0 Å². The molecule has 7 heteroatoms. The Morgan fingerprint density at radius 3 is 2.00 bits per heavy atom. The van der Waals surface area contributed by atoms with Gasteiger partial charge in [-0.1, -0.05) is 0 Å². The van der Waals surface area contributed by atoms with Gasteiger partial charge < -0.3 is 5.32 Å². The molecule has 0 radical (unpaired) electrons. The maximum Gasteiger partial charge on any atom is 0.185 e. The summed E-state index contributed by atoms with van der Waals surface area (Å²) in [5.41, 5.74) is -2.27. The van der Waals surface area contributed by atoms with Gasteiger partial charge in [-0.25, -0.2) is 13.2 Å². The third-order valence-corrected chi connectivity index (χ3v) is 1.88. The van der Waals surface area contributed by atoms with Gasteiger partial charge in [0.15, 0.2) is 17.2 Å². The van der Waals surface area contributed by atoms with Crippen LogP contribution in [0.5, 0.6) is 0 Å². The summed E-state index contributed by atoms with van der Waals surface area (Å²) in [5, 5.41) is 27.6. The van der Waals surface area contributed by atoms with E-state index in [1.807, 2.05) is 5.32 Å². The predicted molar refractivity (Wildman–Crippen MR) is 53.8 cm³/mol. The first-order chi connectivity index (χ1) is 8.54. The van der Waals surface area contributed by atoms with Gasteiger partial charge in [-0.15, -0.1) is 0 Å². The summed E-state index contributed by atoms with van der Waals surface area (Å²) in [5.74, 6) is -4.03. The summed E-state index contributed by atoms with van der Waals surface area (Å²) in [6.07, 6.45) is 0. The zero-order valence-corrected chi connectivity index (χ0v) is 8.63. The second-order valence-corrected chi connectivity index (χ2v) is 2.93. The molecule has 0 heterocycles. The van der Waals surface area contributed by atoms with Gasteiger partial charge in [-0.2, -0.15) is 15.8 Å². The highest BCUT2D eigenvalue weighted by atomic mass is 19.2. The Morgan fingerprint density at radius 2 is 1.50 bits per heavy atom. The SMILES string of the molecule is N#CC(C#N)=C(C#N)Nc1c(F)ccc(F)c1F. The van der Waals surface area contributed by atoms with Crippen LogP contribution < -0.4 is 5.32 Å².